The van der Waals surface area contributed by atoms with Crippen LogP contribution in [0, 0.1) is 0 Å². The van der Waals surface area contributed by atoms with Gasteiger partial charge in [-0.05, 0) is 12.8 Å². The molecule has 1 aromatic heterocycles. The summed E-state index contributed by atoms with van der Waals surface area (Å²) in [6.45, 7) is 0.0172. The van der Waals surface area contributed by atoms with E-state index < -0.39 is 5.97 Å². The smallest absolute Gasteiger partial charge is 0.323 e. The van der Waals surface area contributed by atoms with E-state index in [9.17, 15) is 9.59 Å². The van der Waals surface area contributed by atoms with Gasteiger partial charge in [-0.1, -0.05) is 0 Å². The summed E-state index contributed by atoms with van der Waals surface area (Å²) in [5.41, 5.74) is 0. The quantitative estimate of drug-likeness (QED) is 0.681. The van der Waals surface area contributed by atoms with E-state index in [2.05, 4.69) is 15.3 Å². The van der Waals surface area contributed by atoms with E-state index in [4.69, 9.17) is 5.11 Å². The van der Waals surface area contributed by atoms with Gasteiger partial charge in [0.15, 0.2) is 0 Å². The van der Waals surface area contributed by atoms with Crippen molar-refractivity contribution < 1.29 is 14.7 Å². The fourth-order valence-electron chi connectivity index (χ4n) is 1.55. The minimum absolute atomic E-state index is 0.0719. The van der Waals surface area contributed by atoms with Crippen LogP contribution in [-0.4, -0.2) is 44.6 Å². The Morgan fingerprint density at radius 2 is 2.35 bits per heavy atom. The molecular formula is C10H14N4O3. The summed E-state index contributed by atoms with van der Waals surface area (Å²) >= 11 is 0. The molecule has 0 radical (unpaired) electrons. The third kappa shape index (κ3) is 3.20. The Labute approximate surface area is 97.8 Å². The van der Waals surface area contributed by atoms with Gasteiger partial charge < -0.3 is 20.3 Å². The van der Waals surface area contributed by atoms with Crippen LogP contribution in [0.3, 0.4) is 0 Å². The lowest BCUT2D eigenvalue weighted by Gasteiger charge is -2.20. The van der Waals surface area contributed by atoms with Crippen molar-refractivity contribution in [3.63, 3.8) is 0 Å². The van der Waals surface area contributed by atoms with Crippen LogP contribution in [0.2, 0.25) is 0 Å². The van der Waals surface area contributed by atoms with Gasteiger partial charge in [0.2, 0.25) is 0 Å². The predicted octanol–water partition coefficient (Wildman–Crippen LogP) is 0.168. The molecule has 0 unspecified atom stereocenters. The van der Waals surface area contributed by atoms with E-state index in [-0.39, 0.29) is 25.2 Å². The number of urea groups is 1. The van der Waals surface area contributed by atoms with Gasteiger partial charge in [-0.25, -0.2) is 9.78 Å². The zero-order valence-corrected chi connectivity index (χ0v) is 9.22. The SMILES string of the molecule is O=C(O)CN(C(=O)NCc1ncc[nH]1)C1CC1. The van der Waals surface area contributed by atoms with E-state index in [1.165, 1.54) is 4.90 Å². The second-order valence-corrected chi connectivity index (χ2v) is 3.95. The summed E-state index contributed by atoms with van der Waals surface area (Å²) in [4.78, 5) is 30.6. The highest BCUT2D eigenvalue weighted by Gasteiger charge is 2.33. The van der Waals surface area contributed by atoms with E-state index >= 15 is 0 Å². The minimum Gasteiger partial charge on any atom is -0.480 e. The molecule has 92 valence electrons. The van der Waals surface area contributed by atoms with Crippen molar-refractivity contribution in [1.29, 1.82) is 0 Å². The van der Waals surface area contributed by atoms with Crippen molar-refractivity contribution in [3.8, 4) is 0 Å². The Morgan fingerprint density at radius 3 is 2.88 bits per heavy atom. The molecule has 17 heavy (non-hydrogen) atoms. The lowest BCUT2D eigenvalue weighted by atomic mass is 10.5. The summed E-state index contributed by atoms with van der Waals surface area (Å²) < 4.78 is 0. The molecule has 3 N–H and O–H groups in total. The first-order valence-corrected chi connectivity index (χ1v) is 5.41. The monoisotopic (exact) mass is 238 g/mol. The number of carbonyl (C=O) groups is 2. The van der Waals surface area contributed by atoms with Crippen LogP contribution in [0.25, 0.3) is 0 Å². The normalized spacial score (nSPS) is 14.4. The zero-order chi connectivity index (χ0) is 12.3. The molecule has 1 saturated carbocycles. The summed E-state index contributed by atoms with van der Waals surface area (Å²) in [7, 11) is 0. The van der Waals surface area contributed by atoms with Gasteiger partial charge in [0.25, 0.3) is 0 Å². The number of nitrogens with zero attached hydrogens (tertiary/aromatic N) is 2. The third-order valence-corrected chi connectivity index (χ3v) is 2.52. The van der Waals surface area contributed by atoms with Crippen molar-refractivity contribution in [1.82, 2.24) is 20.2 Å². The second-order valence-electron chi connectivity index (χ2n) is 3.95. The predicted molar refractivity (Wildman–Crippen MR) is 58.2 cm³/mol. The number of hydrogen-bond acceptors (Lipinski definition) is 3. The van der Waals surface area contributed by atoms with E-state index in [0.717, 1.165) is 12.8 Å². The largest absolute Gasteiger partial charge is 0.480 e. The molecule has 1 heterocycles. The van der Waals surface area contributed by atoms with Crippen LogP contribution in [-0.2, 0) is 11.3 Å². The summed E-state index contributed by atoms with van der Waals surface area (Å²) in [6.07, 6.45) is 5.01. The maximum Gasteiger partial charge on any atom is 0.323 e. The Balaban J connectivity index is 1.85. The highest BCUT2D eigenvalue weighted by Crippen LogP contribution is 2.26. The number of carboxylic acid groups (broad SMARTS) is 1. The number of aromatic amines is 1. The van der Waals surface area contributed by atoms with Gasteiger partial charge >= 0.3 is 12.0 Å². The standard InChI is InChI=1S/C10H14N4O3/c15-9(16)6-14(7-1-2-7)10(17)13-5-8-11-3-4-12-8/h3-4,7H,1-2,5-6H2,(H,11,12)(H,13,17)(H,15,16). The van der Waals surface area contributed by atoms with Gasteiger partial charge in [0.05, 0.1) is 6.54 Å². The Morgan fingerprint density at radius 1 is 1.59 bits per heavy atom. The topological polar surface area (TPSA) is 98.3 Å². The van der Waals surface area contributed by atoms with E-state index in [0.29, 0.717) is 5.82 Å². The molecule has 7 nitrogen and oxygen atoms in total. The van der Waals surface area contributed by atoms with Crippen LogP contribution >= 0.6 is 0 Å². The zero-order valence-electron chi connectivity index (χ0n) is 9.22. The van der Waals surface area contributed by atoms with Gasteiger partial charge in [-0.15, -0.1) is 0 Å². The summed E-state index contributed by atoms with van der Waals surface area (Å²) in [6, 6.07) is -0.283. The number of aromatic nitrogens is 2. The summed E-state index contributed by atoms with van der Waals surface area (Å²) in [5, 5.41) is 11.4. The molecule has 0 saturated heterocycles. The van der Waals surface area contributed by atoms with Crippen LogP contribution in [0.1, 0.15) is 18.7 Å². The molecule has 2 rings (SSSR count). The first kappa shape index (κ1) is 11.4. The fraction of sp³-hybridized carbons (Fsp3) is 0.500. The molecule has 1 aromatic rings. The molecular weight excluding hydrogens is 224 g/mol. The molecule has 1 aliphatic rings. The average Bonchev–Trinajstić information content (AvgIpc) is 2.99. The van der Waals surface area contributed by atoms with Crippen LogP contribution in [0.15, 0.2) is 12.4 Å². The van der Waals surface area contributed by atoms with E-state index in [1.54, 1.807) is 12.4 Å². The number of amides is 2. The summed E-state index contributed by atoms with van der Waals surface area (Å²) in [5.74, 6) is -0.352. The molecule has 0 bridgehead atoms. The van der Waals surface area contributed by atoms with Crippen LogP contribution in [0.5, 0.6) is 0 Å². The maximum absolute atomic E-state index is 11.8. The van der Waals surface area contributed by atoms with Gasteiger partial charge in [0, 0.05) is 18.4 Å². The number of aliphatic carboxylic acids is 1. The highest BCUT2D eigenvalue weighted by atomic mass is 16.4. The fourth-order valence-corrected chi connectivity index (χ4v) is 1.55. The van der Waals surface area contributed by atoms with Crippen molar-refractivity contribution in [2.24, 2.45) is 0 Å². The number of nitrogens with one attached hydrogen (secondary N) is 2. The number of carboxylic acids is 1. The first-order valence-electron chi connectivity index (χ1n) is 5.41. The van der Waals surface area contributed by atoms with Crippen molar-refractivity contribution in [2.45, 2.75) is 25.4 Å². The molecule has 0 aliphatic heterocycles. The molecule has 0 spiro atoms. The number of hydrogen-bond donors (Lipinski definition) is 3. The number of imidazole rings is 1. The van der Waals surface area contributed by atoms with Crippen molar-refractivity contribution >= 4 is 12.0 Å². The number of rotatable bonds is 5. The Hall–Kier alpha value is -2.05. The third-order valence-electron chi connectivity index (χ3n) is 2.52. The van der Waals surface area contributed by atoms with Gasteiger partial charge in [0.1, 0.15) is 12.4 Å². The lowest BCUT2D eigenvalue weighted by Crippen LogP contribution is -2.43. The van der Waals surface area contributed by atoms with Gasteiger partial charge in [-0.2, -0.15) is 0 Å². The first-order chi connectivity index (χ1) is 8.16. The second kappa shape index (κ2) is 4.86. The van der Waals surface area contributed by atoms with Crippen molar-refractivity contribution in [2.75, 3.05) is 6.54 Å². The molecule has 2 amide bonds. The lowest BCUT2D eigenvalue weighted by molar-refractivity contribution is -0.137. The molecule has 0 aromatic carbocycles. The molecule has 1 aliphatic carbocycles. The van der Waals surface area contributed by atoms with Crippen molar-refractivity contribution in [3.05, 3.63) is 18.2 Å². The van der Waals surface area contributed by atoms with E-state index in [1.807, 2.05) is 0 Å². The van der Waals surface area contributed by atoms with Gasteiger partial charge in [-0.3, -0.25) is 4.79 Å². The maximum atomic E-state index is 11.8. The van der Waals surface area contributed by atoms with Crippen LogP contribution in [0.4, 0.5) is 4.79 Å². The molecule has 7 heteroatoms. The Kier molecular flexibility index (Phi) is 3.27. The molecule has 1 fully saturated rings. The van der Waals surface area contributed by atoms with Crippen LogP contribution < -0.4 is 5.32 Å². The number of H-pyrrole nitrogens is 1. The number of carbonyl (C=O) groups excluding carboxylic acids is 1. The molecule has 0 atom stereocenters. The minimum atomic E-state index is -0.995. The average molecular weight is 238 g/mol. The highest BCUT2D eigenvalue weighted by molar-refractivity contribution is 5.80. The Bertz CT molecular complexity index is 400.